The highest BCUT2D eigenvalue weighted by molar-refractivity contribution is 6.00. The summed E-state index contributed by atoms with van der Waals surface area (Å²) in [4.78, 5) is 12.3. The maximum absolute atomic E-state index is 12.3. The lowest BCUT2D eigenvalue weighted by Crippen LogP contribution is -2.38. The summed E-state index contributed by atoms with van der Waals surface area (Å²) >= 11 is 0. The van der Waals surface area contributed by atoms with Crippen LogP contribution >= 0.6 is 0 Å². The Morgan fingerprint density at radius 1 is 0.862 bits per heavy atom. The normalized spacial score (nSPS) is 13.6. The number of hydrogen-bond donors (Lipinski definition) is 3. The van der Waals surface area contributed by atoms with Crippen molar-refractivity contribution in [2.75, 3.05) is 22.7 Å². The van der Waals surface area contributed by atoms with Gasteiger partial charge in [-0.2, -0.15) is 0 Å². The monoisotopic (exact) mass is 385 g/mol. The van der Waals surface area contributed by atoms with E-state index in [-0.39, 0.29) is 6.03 Å². The van der Waals surface area contributed by atoms with E-state index in [9.17, 15) is 4.79 Å². The molecular weight excluding hydrogens is 362 g/mol. The second-order valence-corrected chi connectivity index (χ2v) is 6.83. The first kappa shape index (κ1) is 18.6. The summed E-state index contributed by atoms with van der Waals surface area (Å²) in [5, 5.41) is 9.67. The van der Waals surface area contributed by atoms with Crippen LogP contribution in [0.3, 0.4) is 0 Å². The molecule has 3 aromatic carbocycles. The minimum Gasteiger partial charge on any atom is -0.308 e. The van der Waals surface area contributed by atoms with Gasteiger partial charge in [0.25, 0.3) is 0 Å². The molecule has 6 heteroatoms. The molecule has 29 heavy (non-hydrogen) atoms. The van der Waals surface area contributed by atoms with Crippen LogP contribution in [-0.2, 0) is 0 Å². The zero-order valence-corrected chi connectivity index (χ0v) is 16.4. The molecule has 0 saturated carbocycles. The predicted octanol–water partition coefficient (Wildman–Crippen LogP) is 4.81. The van der Waals surface area contributed by atoms with E-state index in [1.54, 1.807) is 0 Å². The number of carbonyl (C=O) groups is 1. The summed E-state index contributed by atoms with van der Waals surface area (Å²) in [6.45, 7) is 1.96. The molecule has 3 aromatic rings. The Kier molecular flexibility index (Phi) is 5.18. The maximum Gasteiger partial charge on any atom is 0.323 e. The highest BCUT2D eigenvalue weighted by atomic mass is 16.2. The first-order valence-electron chi connectivity index (χ1n) is 9.40. The number of para-hydroxylation sites is 1. The smallest absolute Gasteiger partial charge is 0.308 e. The quantitative estimate of drug-likeness (QED) is 0.603. The van der Waals surface area contributed by atoms with Gasteiger partial charge < -0.3 is 10.6 Å². The average molecular weight is 385 g/mol. The summed E-state index contributed by atoms with van der Waals surface area (Å²) in [6.07, 6.45) is 2.04. The van der Waals surface area contributed by atoms with Crippen molar-refractivity contribution in [3.8, 4) is 0 Å². The van der Waals surface area contributed by atoms with Crippen LogP contribution < -0.4 is 21.1 Å². The molecule has 0 saturated heterocycles. The van der Waals surface area contributed by atoms with Crippen LogP contribution in [-0.4, -0.2) is 18.2 Å². The van der Waals surface area contributed by atoms with E-state index < -0.39 is 0 Å². The molecule has 3 N–H and O–H groups in total. The lowest BCUT2D eigenvalue weighted by atomic mass is 10.2. The van der Waals surface area contributed by atoms with E-state index in [1.807, 2.05) is 97.0 Å². The molecule has 6 nitrogen and oxygen atoms in total. The number of rotatable bonds is 4. The predicted molar refractivity (Wildman–Crippen MR) is 118 cm³/mol. The first-order valence-corrected chi connectivity index (χ1v) is 9.40. The molecule has 1 aliphatic rings. The molecular formula is C23H23N5O. The third-order valence-electron chi connectivity index (χ3n) is 4.72. The van der Waals surface area contributed by atoms with Gasteiger partial charge in [0.15, 0.2) is 0 Å². The zero-order valence-electron chi connectivity index (χ0n) is 16.4. The van der Waals surface area contributed by atoms with Gasteiger partial charge in [0, 0.05) is 30.2 Å². The molecule has 0 bridgehead atoms. The van der Waals surface area contributed by atoms with Crippen LogP contribution in [0.4, 0.5) is 21.9 Å². The summed E-state index contributed by atoms with van der Waals surface area (Å²) in [6, 6.07) is 25.3. The Balaban J connectivity index is 1.43. The van der Waals surface area contributed by atoms with Gasteiger partial charge in [0.05, 0.1) is 11.4 Å². The highest BCUT2D eigenvalue weighted by Gasteiger charge is 2.20. The van der Waals surface area contributed by atoms with E-state index in [1.165, 1.54) is 0 Å². The summed E-state index contributed by atoms with van der Waals surface area (Å²) in [5.41, 5.74) is 9.00. The first-order chi connectivity index (χ1) is 14.1. The SMILES string of the molecule is Cc1ccccc1NC(=O)Nc1ccc(N2C=C(c3ccccc3)NN2C)cc1. The van der Waals surface area contributed by atoms with E-state index >= 15 is 0 Å². The fourth-order valence-corrected chi connectivity index (χ4v) is 3.17. The number of aryl methyl sites for hydroxylation is 1. The Hall–Kier alpha value is -3.77. The largest absolute Gasteiger partial charge is 0.323 e. The van der Waals surface area contributed by atoms with Gasteiger partial charge in [0.1, 0.15) is 0 Å². The van der Waals surface area contributed by atoms with Gasteiger partial charge in [0.2, 0.25) is 0 Å². The highest BCUT2D eigenvalue weighted by Crippen LogP contribution is 2.26. The second kappa shape index (κ2) is 8.08. The molecule has 4 rings (SSSR count). The van der Waals surface area contributed by atoms with Gasteiger partial charge in [-0.3, -0.25) is 10.4 Å². The third-order valence-corrected chi connectivity index (χ3v) is 4.72. The number of hydrazine groups is 2. The van der Waals surface area contributed by atoms with Crippen molar-refractivity contribution in [1.29, 1.82) is 0 Å². The molecule has 0 aliphatic carbocycles. The number of anilines is 3. The van der Waals surface area contributed by atoms with E-state index in [2.05, 4.69) is 28.2 Å². The molecule has 0 atom stereocenters. The maximum atomic E-state index is 12.3. The Morgan fingerprint density at radius 2 is 1.55 bits per heavy atom. The Morgan fingerprint density at radius 3 is 2.28 bits per heavy atom. The topological polar surface area (TPSA) is 59.6 Å². The Labute approximate surface area is 170 Å². The van der Waals surface area contributed by atoms with Gasteiger partial charge in [-0.25, -0.2) is 4.79 Å². The molecule has 1 aliphatic heterocycles. The minimum atomic E-state index is -0.265. The van der Waals surface area contributed by atoms with Crippen LogP contribution in [0.2, 0.25) is 0 Å². The summed E-state index contributed by atoms with van der Waals surface area (Å²) < 4.78 is 0. The fourth-order valence-electron chi connectivity index (χ4n) is 3.17. The van der Waals surface area contributed by atoms with Gasteiger partial charge in [-0.15, -0.1) is 5.12 Å². The zero-order chi connectivity index (χ0) is 20.2. The molecule has 146 valence electrons. The minimum absolute atomic E-state index is 0.265. The van der Waals surface area contributed by atoms with Crippen molar-refractivity contribution in [2.45, 2.75) is 6.92 Å². The van der Waals surface area contributed by atoms with Crippen molar-refractivity contribution in [2.24, 2.45) is 0 Å². The van der Waals surface area contributed by atoms with Crippen LogP contribution in [0.15, 0.2) is 85.1 Å². The van der Waals surface area contributed by atoms with Crippen LogP contribution in [0.1, 0.15) is 11.1 Å². The van der Waals surface area contributed by atoms with Crippen molar-refractivity contribution in [1.82, 2.24) is 10.5 Å². The number of carbonyl (C=O) groups excluding carboxylic acids is 1. The van der Waals surface area contributed by atoms with Crippen LogP contribution in [0.5, 0.6) is 0 Å². The van der Waals surface area contributed by atoms with Crippen molar-refractivity contribution in [3.63, 3.8) is 0 Å². The molecule has 0 unspecified atom stereocenters. The van der Waals surface area contributed by atoms with Crippen LogP contribution in [0, 0.1) is 6.92 Å². The standard InChI is InChI=1S/C23H23N5O/c1-17-8-6-7-11-21(17)25-23(29)24-19-12-14-20(15-13-19)28-16-22(26-27(28)2)18-9-4-3-5-10-18/h3-16,26H,1-2H3,(H2,24,25,29). The molecule has 1 heterocycles. The second-order valence-electron chi connectivity index (χ2n) is 6.83. The van der Waals surface area contributed by atoms with Gasteiger partial charge >= 0.3 is 6.03 Å². The molecule has 0 fully saturated rings. The number of benzene rings is 3. The van der Waals surface area contributed by atoms with Gasteiger partial charge in [-0.05, 0) is 42.8 Å². The number of nitrogens with one attached hydrogen (secondary N) is 3. The van der Waals surface area contributed by atoms with Crippen molar-refractivity contribution < 1.29 is 4.79 Å². The Bertz CT molecular complexity index is 1030. The number of nitrogens with zero attached hydrogens (tertiary/aromatic N) is 2. The van der Waals surface area contributed by atoms with E-state index in [0.29, 0.717) is 0 Å². The van der Waals surface area contributed by atoms with Crippen molar-refractivity contribution in [3.05, 3.63) is 96.2 Å². The van der Waals surface area contributed by atoms with Crippen molar-refractivity contribution >= 4 is 28.8 Å². The van der Waals surface area contributed by atoms with Crippen LogP contribution in [0.25, 0.3) is 5.70 Å². The molecule has 0 aromatic heterocycles. The lowest BCUT2D eigenvalue weighted by molar-refractivity contribution is 0.262. The number of urea groups is 1. The lowest BCUT2D eigenvalue weighted by Gasteiger charge is -2.24. The van der Waals surface area contributed by atoms with E-state index in [0.717, 1.165) is 33.9 Å². The fraction of sp³-hybridized carbons (Fsp3) is 0.0870. The van der Waals surface area contributed by atoms with Gasteiger partial charge in [-0.1, -0.05) is 48.5 Å². The van der Waals surface area contributed by atoms with E-state index in [4.69, 9.17) is 0 Å². The number of hydrogen-bond acceptors (Lipinski definition) is 4. The summed E-state index contributed by atoms with van der Waals surface area (Å²) in [5.74, 6) is 0. The molecule has 0 radical (unpaired) electrons. The average Bonchev–Trinajstić information content (AvgIpc) is 3.13. The molecule has 2 amide bonds. The number of amides is 2. The summed E-state index contributed by atoms with van der Waals surface area (Å²) in [7, 11) is 1.95. The third kappa shape index (κ3) is 4.23. The molecule has 0 spiro atoms.